The van der Waals surface area contributed by atoms with Crippen LogP contribution in [0, 0.1) is 44.8 Å². The van der Waals surface area contributed by atoms with Crippen molar-refractivity contribution in [3.63, 3.8) is 0 Å². The maximum atomic E-state index is 10.7. The molecule has 1 N–H and O–H groups in total. The zero-order valence-corrected chi connectivity index (χ0v) is 23.4. The molecule has 0 bridgehead atoms. The van der Waals surface area contributed by atoms with Crippen LogP contribution in [0.15, 0.2) is 12.2 Å². The van der Waals surface area contributed by atoms with Crippen molar-refractivity contribution in [2.45, 2.75) is 131 Å². The minimum absolute atomic E-state index is 0.0950. The van der Waals surface area contributed by atoms with Crippen molar-refractivity contribution in [3.8, 4) is 0 Å². The minimum Gasteiger partial charge on any atom is -0.393 e. The minimum atomic E-state index is -0.171. The van der Waals surface area contributed by atoms with Crippen LogP contribution in [-0.4, -0.2) is 23.9 Å². The van der Waals surface area contributed by atoms with Gasteiger partial charge in [0, 0.05) is 7.11 Å². The largest absolute Gasteiger partial charge is 0.393 e. The second-order valence-corrected chi connectivity index (χ2v) is 15.0. The topological polar surface area (TPSA) is 29.5 Å². The summed E-state index contributed by atoms with van der Waals surface area (Å²) >= 11 is 0. The first-order chi connectivity index (χ1) is 15.1. The number of allylic oxidation sites excluding steroid dienone is 1. The Bertz CT molecular complexity index is 771. The standard InChI is InChI=1S/C31H54O2/c1-22-23(32)11-12-24-29(22,6)16-13-25-30(24,7)19-18-28(5)21-27(4,17-20-31(25,28)8)15-10-14-26(2,3)33-9/h10,14,22-25,32H,11-13,15-21H2,1-9H3/b14-10+/t22-,23-,24+,25-,27+,28-,29+,30-,31+/m0/s1. The highest BCUT2D eigenvalue weighted by atomic mass is 16.5. The summed E-state index contributed by atoms with van der Waals surface area (Å²) in [6.07, 6.45) is 17.5. The fourth-order valence-corrected chi connectivity index (χ4v) is 10.1. The van der Waals surface area contributed by atoms with Gasteiger partial charge in [-0.15, -0.1) is 0 Å². The molecule has 0 spiro atoms. The molecule has 0 heterocycles. The van der Waals surface area contributed by atoms with E-state index < -0.39 is 0 Å². The van der Waals surface area contributed by atoms with Gasteiger partial charge in [-0.1, -0.05) is 53.7 Å². The second-order valence-electron chi connectivity index (χ2n) is 15.0. The number of hydrogen-bond donors (Lipinski definition) is 1. The van der Waals surface area contributed by atoms with Crippen molar-refractivity contribution >= 4 is 0 Å². The summed E-state index contributed by atoms with van der Waals surface area (Å²) in [6, 6.07) is 0. The SMILES string of the molecule is COC(C)(C)/C=C/C[C@]1(C)CC[C@]2(C)[C@H]3CC[C@@]4(C)[C@@H](CC[C@H](O)[C@@H]4C)[C@]3(C)CC[C@@]2(C)C1. The molecule has 0 amide bonds. The van der Waals surface area contributed by atoms with Crippen LogP contribution in [0.1, 0.15) is 120 Å². The number of rotatable bonds is 4. The Morgan fingerprint density at radius 3 is 2.24 bits per heavy atom. The van der Waals surface area contributed by atoms with E-state index in [1.165, 1.54) is 57.8 Å². The van der Waals surface area contributed by atoms with E-state index in [9.17, 15) is 5.11 Å². The van der Waals surface area contributed by atoms with E-state index in [0.29, 0.717) is 33.0 Å². The second kappa shape index (κ2) is 8.09. The van der Waals surface area contributed by atoms with E-state index >= 15 is 0 Å². The van der Waals surface area contributed by atoms with E-state index in [1.54, 1.807) is 7.11 Å². The molecule has 4 saturated carbocycles. The summed E-state index contributed by atoms with van der Waals surface area (Å²) < 4.78 is 5.62. The molecule has 0 aromatic rings. The number of aliphatic hydroxyl groups excluding tert-OH is 1. The van der Waals surface area contributed by atoms with E-state index in [2.05, 4.69) is 67.5 Å². The molecule has 2 nitrogen and oxygen atoms in total. The van der Waals surface area contributed by atoms with Gasteiger partial charge in [-0.25, -0.2) is 0 Å². The maximum absolute atomic E-state index is 10.7. The van der Waals surface area contributed by atoms with Crippen LogP contribution in [0.2, 0.25) is 0 Å². The summed E-state index contributed by atoms with van der Waals surface area (Å²) in [7, 11) is 1.81. The van der Waals surface area contributed by atoms with Crippen LogP contribution >= 0.6 is 0 Å². The van der Waals surface area contributed by atoms with Gasteiger partial charge in [0.2, 0.25) is 0 Å². The molecule has 4 aliphatic carbocycles. The van der Waals surface area contributed by atoms with Crippen LogP contribution in [-0.2, 0) is 4.74 Å². The molecular weight excluding hydrogens is 404 g/mol. The van der Waals surface area contributed by atoms with Crippen LogP contribution in [0.3, 0.4) is 0 Å². The Kier molecular flexibility index (Phi) is 6.31. The van der Waals surface area contributed by atoms with E-state index in [-0.39, 0.29) is 11.7 Å². The van der Waals surface area contributed by atoms with Gasteiger partial charge >= 0.3 is 0 Å². The van der Waals surface area contributed by atoms with E-state index in [0.717, 1.165) is 18.3 Å². The summed E-state index contributed by atoms with van der Waals surface area (Å²) in [5.41, 5.74) is 1.85. The molecule has 0 radical (unpaired) electrons. The van der Waals surface area contributed by atoms with Crippen LogP contribution in [0.4, 0.5) is 0 Å². The lowest BCUT2D eigenvalue weighted by Crippen LogP contribution is -2.65. The van der Waals surface area contributed by atoms with Gasteiger partial charge in [-0.3, -0.25) is 0 Å². The quantitative estimate of drug-likeness (QED) is 0.430. The number of hydrogen-bond acceptors (Lipinski definition) is 2. The highest BCUT2D eigenvalue weighted by Gasteiger charge is 2.67. The molecule has 0 aromatic heterocycles. The molecule has 33 heavy (non-hydrogen) atoms. The van der Waals surface area contributed by atoms with Gasteiger partial charge in [0.25, 0.3) is 0 Å². The average molecular weight is 459 g/mol. The molecule has 4 aliphatic rings. The Balaban J connectivity index is 1.58. The molecule has 4 rings (SSSR count). The van der Waals surface area contributed by atoms with Crippen LogP contribution < -0.4 is 0 Å². The van der Waals surface area contributed by atoms with Crippen molar-refractivity contribution in [1.82, 2.24) is 0 Å². The summed E-state index contributed by atoms with van der Waals surface area (Å²) in [6.45, 7) is 19.8. The summed E-state index contributed by atoms with van der Waals surface area (Å²) in [5.74, 6) is 2.04. The number of aliphatic hydroxyl groups is 1. The van der Waals surface area contributed by atoms with Crippen molar-refractivity contribution in [2.75, 3.05) is 7.11 Å². The molecule has 9 atom stereocenters. The third kappa shape index (κ3) is 3.89. The van der Waals surface area contributed by atoms with Crippen molar-refractivity contribution in [3.05, 3.63) is 12.2 Å². The molecule has 0 saturated heterocycles. The lowest BCUT2D eigenvalue weighted by molar-refractivity contribution is -0.235. The zero-order valence-electron chi connectivity index (χ0n) is 23.4. The first-order valence-electron chi connectivity index (χ1n) is 14.1. The van der Waals surface area contributed by atoms with Crippen molar-refractivity contribution < 1.29 is 9.84 Å². The van der Waals surface area contributed by atoms with Crippen molar-refractivity contribution in [1.29, 1.82) is 0 Å². The van der Waals surface area contributed by atoms with Crippen LogP contribution in [0.5, 0.6) is 0 Å². The first-order valence-corrected chi connectivity index (χ1v) is 14.1. The van der Waals surface area contributed by atoms with E-state index in [4.69, 9.17) is 4.74 Å². The van der Waals surface area contributed by atoms with Gasteiger partial charge in [0.15, 0.2) is 0 Å². The van der Waals surface area contributed by atoms with Gasteiger partial charge in [0.1, 0.15) is 0 Å². The highest BCUT2D eigenvalue weighted by Crippen LogP contribution is 2.75. The predicted octanol–water partition coefficient (Wildman–Crippen LogP) is 8.18. The summed E-state index contributed by atoms with van der Waals surface area (Å²) in [4.78, 5) is 0. The monoisotopic (exact) mass is 458 g/mol. The Morgan fingerprint density at radius 1 is 0.879 bits per heavy atom. The molecule has 0 aliphatic heterocycles. The number of methoxy groups -OCH3 is 1. The predicted molar refractivity (Wildman–Crippen MR) is 139 cm³/mol. The number of ether oxygens (including phenoxy) is 1. The zero-order chi connectivity index (χ0) is 24.5. The van der Waals surface area contributed by atoms with Gasteiger partial charge in [-0.2, -0.15) is 0 Å². The fourth-order valence-electron chi connectivity index (χ4n) is 10.1. The van der Waals surface area contributed by atoms with Gasteiger partial charge < -0.3 is 9.84 Å². The smallest absolute Gasteiger partial charge is 0.0802 e. The van der Waals surface area contributed by atoms with Crippen molar-refractivity contribution in [2.24, 2.45) is 44.8 Å². The van der Waals surface area contributed by atoms with Gasteiger partial charge in [0.05, 0.1) is 11.7 Å². The molecule has 190 valence electrons. The average Bonchev–Trinajstić information content (AvgIpc) is 2.73. The molecule has 0 aromatic carbocycles. The lowest BCUT2D eigenvalue weighted by Gasteiger charge is -2.72. The maximum Gasteiger partial charge on any atom is 0.0802 e. The van der Waals surface area contributed by atoms with E-state index in [1.807, 2.05) is 0 Å². The molecule has 2 heteroatoms. The Morgan fingerprint density at radius 2 is 1.58 bits per heavy atom. The molecule has 4 fully saturated rings. The number of fused-ring (bicyclic) bond motifs is 5. The fraction of sp³-hybridized carbons (Fsp3) is 0.935. The van der Waals surface area contributed by atoms with Crippen LogP contribution in [0.25, 0.3) is 0 Å². The first kappa shape index (κ1) is 25.7. The Hall–Kier alpha value is -0.340. The normalized spacial score (nSPS) is 52.8. The Labute approximate surface area is 205 Å². The summed E-state index contributed by atoms with van der Waals surface area (Å²) in [5, 5.41) is 10.7. The highest BCUT2D eigenvalue weighted by molar-refractivity contribution is 5.17. The van der Waals surface area contributed by atoms with Gasteiger partial charge in [-0.05, 0) is 123 Å². The molecular formula is C31H54O2. The molecule has 0 unspecified atom stereocenters. The lowest BCUT2D eigenvalue weighted by atomic mass is 9.33. The third-order valence-corrected chi connectivity index (χ3v) is 12.8. The third-order valence-electron chi connectivity index (χ3n) is 12.8.